The largest absolute Gasteiger partial charge is 0.413 e. The maximum Gasteiger partial charge on any atom is 0.163 e. The fourth-order valence-electron chi connectivity index (χ4n) is 0.606. The number of hydrogen-bond donors (Lipinski definition) is 1. The van der Waals surface area contributed by atoms with Crippen LogP contribution in [0.4, 0.5) is 0 Å². The molecule has 0 spiro atoms. The third kappa shape index (κ3) is 8.53. The molecule has 0 saturated carbocycles. The van der Waals surface area contributed by atoms with Gasteiger partial charge < -0.3 is 4.43 Å². The van der Waals surface area contributed by atoms with Gasteiger partial charge in [0.1, 0.15) is 0 Å². The first kappa shape index (κ1) is 9.53. The minimum atomic E-state index is -0.224. The van der Waals surface area contributed by atoms with Crippen LogP contribution < -0.4 is 0 Å². The molecule has 0 heterocycles. The summed E-state index contributed by atoms with van der Waals surface area (Å²) in [7, 11) is -0.224. The van der Waals surface area contributed by atoms with E-state index in [9.17, 15) is 0 Å². The molecule has 1 atom stereocenters. The molecule has 0 N–H and O–H groups in total. The summed E-state index contributed by atoms with van der Waals surface area (Å²) in [6.07, 6.45) is 2.62. The van der Waals surface area contributed by atoms with Gasteiger partial charge in [-0.25, -0.2) is 0 Å². The van der Waals surface area contributed by atoms with Gasteiger partial charge in [-0.15, -0.1) is 12.6 Å². The molecule has 0 aromatic heterocycles. The lowest BCUT2D eigenvalue weighted by Gasteiger charge is -2.04. The molecule has 9 heavy (non-hydrogen) atoms. The van der Waals surface area contributed by atoms with E-state index in [-0.39, 0.29) is 15.2 Å². The molecule has 0 aliphatic heterocycles. The van der Waals surface area contributed by atoms with Gasteiger partial charge in [-0.3, -0.25) is 0 Å². The molecule has 1 nitrogen and oxygen atoms in total. The molecular weight excluding hydrogens is 148 g/mol. The Balaban J connectivity index is 2.75. The third-order valence-corrected chi connectivity index (χ3v) is 3.06. The Morgan fingerprint density at radius 2 is 2.33 bits per heavy atom. The van der Waals surface area contributed by atoms with Crippen LogP contribution in [0, 0.1) is 0 Å². The van der Waals surface area contributed by atoms with Crippen molar-refractivity contribution < 1.29 is 4.43 Å². The van der Waals surface area contributed by atoms with Gasteiger partial charge in [-0.05, 0) is 13.0 Å². The van der Waals surface area contributed by atoms with Crippen LogP contribution in [0.2, 0.25) is 6.04 Å². The van der Waals surface area contributed by atoms with Crippen molar-refractivity contribution in [2.45, 2.75) is 38.2 Å². The summed E-state index contributed by atoms with van der Waals surface area (Å²) in [4.78, 5) is 0. The number of unbranched alkanes of at least 4 members (excludes halogenated alkanes) is 1. The molecule has 0 aliphatic rings. The molecule has 56 valence electrons. The lowest BCUT2D eigenvalue weighted by atomic mass is 10.4. The molecule has 0 aromatic rings. The number of hydrogen-bond acceptors (Lipinski definition) is 2. The Hall–Kier alpha value is 0.527. The Kier molecular flexibility index (Phi) is 7.03. The highest BCUT2D eigenvalue weighted by molar-refractivity contribution is 7.80. The van der Waals surface area contributed by atoms with Gasteiger partial charge in [0, 0.05) is 0 Å². The zero-order valence-corrected chi connectivity index (χ0v) is 8.57. The highest BCUT2D eigenvalue weighted by Gasteiger charge is 1.92. The minimum Gasteiger partial charge on any atom is -0.413 e. The van der Waals surface area contributed by atoms with Crippen molar-refractivity contribution in [2.75, 3.05) is 0 Å². The number of thiol groups is 1. The van der Waals surface area contributed by atoms with E-state index >= 15 is 0 Å². The molecule has 0 bridgehead atoms. The van der Waals surface area contributed by atoms with Crippen molar-refractivity contribution in [3.8, 4) is 0 Å². The Bertz CT molecular complexity index is 59.0. The molecule has 0 radical (unpaired) electrons. The molecule has 0 rings (SSSR count). The quantitative estimate of drug-likeness (QED) is 0.281. The monoisotopic (exact) mass is 164 g/mol. The van der Waals surface area contributed by atoms with Gasteiger partial charge in [0.15, 0.2) is 9.76 Å². The maximum atomic E-state index is 5.35. The second-order valence-corrected chi connectivity index (χ2v) is 4.35. The van der Waals surface area contributed by atoms with Crippen LogP contribution >= 0.6 is 12.6 Å². The van der Waals surface area contributed by atoms with E-state index in [1.165, 1.54) is 18.9 Å². The van der Waals surface area contributed by atoms with E-state index in [4.69, 9.17) is 4.43 Å². The fraction of sp³-hybridized carbons (Fsp3) is 1.00. The molecule has 0 saturated heterocycles. The first-order valence-corrected chi connectivity index (χ1v) is 5.66. The molecule has 0 aromatic carbocycles. The summed E-state index contributed by atoms with van der Waals surface area (Å²) in [5.74, 6) is 0. The van der Waals surface area contributed by atoms with Crippen molar-refractivity contribution in [3.63, 3.8) is 0 Å². The molecule has 0 fully saturated rings. The lowest BCUT2D eigenvalue weighted by molar-refractivity contribution is 0.327. The zero-order chi connectivity index (χ0) is 7.11. The van der Waals surface area contributed by atoms with Crippen molar-refractivity contribution in [2.24, 2.45) is 0 Å². The smallest absolute Gasteiger partial charge is 0.163 e. The highest BCUT2D eigenvalue weighted by atomic mass is 32.1. The minimum absolute atomic E-state index is 0.161. The SMILES string of the molecule is CCCC[SiH2]OC(C)S. The normalized spacial score (nSPS) is 15.0. The summed E-state index contributed by atoms with van der Waals surface area (Å²) in [6, 6.07) is 1.31. The van der Waals surface area contributed by atoms with Crippen molar-refractivity contribution in [3.05, 3.63) is 0 Å². The van der Waals surface area contributed by atoms with Crippen LogP contribution in [-0.2, 0) is 4.43 Å². The van der Waals surface area contributed by atoms with Gasteiger partial charge in [-0.2, -0.15) is 0 Å². The van der Waals surface area contributed by atoms with E-state index in [0.29, 0.717) is 0 Å². The van der Waals surface area contributed by atoms with E-state index < -0.39 is 0 Å². The van der Waals surface area contributed by atoms with Crippen LogP contribution in [0.1, 0.15) is 26.7 Å². The van der Waals surface area contributed by atoms with Gasteiger partial charge in [0.25, 0.3) is 0 Å². The number of rotatable bonds is 5. The van der Waals surface area contributed by atoms with E-state index in [1.807, 2.05) is 6.92 Å². The van der Waals surface area contributed by atoms with E-state index in [2.05, 4.69) is 19.6 Å². The molecule has 3 heteroatoms. The second-order valence-electron chi connectivity index (χ2n) is 2.18. The second kappa shape index (κ2) is 6.64. The average Bonchev–Trinajstić information content (AvgIpc) is 1.80. The molecular formula is C6H16OSSi. The van der Waals surface area contributed by atoms with Gasteiger partial charge in [0.05, 0.1) is 5.44 Å². The van der Waals surface area contributed by atoms with Crippen LogP contribution in [0.3, 0.4) is 0 Å². The summed E-state index contributed by atoms with van der Waals surface area (Å²) in [5, 5.41) is 0. The predicted octanol–water partition coefficient (Wildman–Crippen LogP) is 1.58. The van der Waals surface area contributed by atoms with Crippen molar-refractivity contribution >= 4 is 22.4 Å². The van der Waals surface area contributed by atoms with Gasteiger partial charge in [0.2, 0.25) is 0 Å². The summed E-state index contributed by atoms with van der Waals surface area (Å²) in [5.41, 5.74) is 0.161. The van der Waals surface area contributed by atoms with Crippen molar-refractivity contribution in [1.82, 2.24) is 0 Å². The molecule has 1 unspecified atom stereocenters. The van der Waals surface area contributed by atoms with Crippen molar-refractivity contribution in [1.29, 1.82) is 0 Å². The summed E-state index contributed by atoms with van der Waals surface area (Å²) in [6.45, 7) is 4.18. The standard InChI is InChI=1S/C6H16OSSi/c1-3-4-5-9-7-6(2)8/h6,8H,3-5,9H2,1-2H3. The highest BCUT2D eigenvalue weighted by Crippen LogP contribution is 1.98. The Morgan fingerprint density at radius 1 is 1.67 bits per heavy atom. The van der Waals surface area contributed by atoms with Crippen LogP contribution in [0.25, 0.3) is 0 Å². The zero-order valence-electron chi connectivity index (χ0n) is 6.26. The molecule has 0 amide bonds. The van der Waals surface area contributed by atoms with Gasteiger partial charge in [-0.1, -0.05) is 19.8 Å². The average molecular weight is 164 g/mol. The molecule has 0 aliphatic carbocycles. The van der Waals surface area contributed by atoms with Crippen LogP contribution in [0.15, 0.2) is 0 Å². The fourth-order valence-corrected chi connectivity index (χ4v) is 2.13. The maximum absolute atomic E-state index is 5.35. The van der Waals surface area contributed by atoms with E-state index in [0.717, 1.165) is 0 Å². The summed E-state index contributed by atoms with van der Waals surface area (Å²) < 4.78 is 5.35. The first-order chi connectivity index (χ1) is 4.27. The third-order valence-electron chi connectivity index (χ3n) is 1.11. The Morgan fingerprint density at radius 3 is 2.78 bits per heavy atom. The topological polar surface area (TPSA) is 9.23 Å². The van der Waals surface area contributed by atoms with Crippen LogP contribution in [0.5, 0.6) is 0 Å². The summed E-state index contributed by atoms with van der Waals surface area (Å²) >= 11 is 4.11. The van der Waals surface area contributed by atoms with Crippen LogP contribution in [-0.4, -0.2) is 15.2 Å². The van der Waals surface area contributed by atoms with Gasteiger partial charge >= 0.3 is 0 Å². The predicted molar refractivity (Wildman–Crippen MR) is 47.8 cm³/mol. The lowest BCUT2D eigenvalue weighted by Crippen LogP contribution is -2.03. The first-order valence-electron chi connectivity index (χ1n) is 3.57. The Labute approximate surface area is 65.5 Å². The van der Waals surface area contributed by atoms with E-state index in [1.54, 1.807) is 0 Å².